The van der Waals surface area contributed by atoms with Gasteiger partial charge in [-0.1, -0.05) is 22.0 Å². The molecule has 0 bridgehead atoms. The number of ether oxygens (including phenoxy) is 1. The van der Waals surface area contributed by atoms with E-state index in [4.69, 9.17) is 4.74 Å². The Morgan fingerprint density at radius 3 is 2.82 bits per heavy atom. The molecule has 0 aliphatic carbocycles. The van der Waals surface area contributed by atoms with Crippen molar-refractivity contribution in [2.24, 2.45) is 5.10 Å². The molecule has 0 saturated carbocycles. The van der Waals surface area contributed by atoms with Crippen molar-refractivity contribution >= 4 is 28.1 Å². The van der Waals surface area contributed by atoms with Gasteiger partial charge < -0.3 is 14.9 Å². The number of phenolic OH excluding ortho intramolecular Hbond substituents is 2. The smallest absolute Gasteiger partial charge is 0.275 e. The average molecular weight is 365 g/mol. The molecule has 7 heteroatoms. The second-order valence-corrected chi connectivity index (χ2v) is 5.17. The van der Waals surface area contributed by atoms with Gasteiger partial charge in [0.2, 0.25) is 0 Å². The van der Waals surface area contributed by atoms with Crippen molar-refractivity contribution in [2.45, 2.75) is 0 Å². The summed E-state index contributed by atoms with van der Waals surface area (Å²) in [5.74, 6) is -0.495. The van der Waals surface area contributed by atoms with Crippen molar-refractivity contribution in [3.63, 3.8) is 0 Å². The lowest BCUT2D eigenvalue weighted by atomic mass is 10.2. The van der Waals surface area contributed by atoms with E-state index in [0.717, 1.165) is 0 Å². The Hall–Kier alpha value is -2.54. The van der Waals surface area contributed by atoms with Crippen LogP contribution in [0.25, 0.3) is 0 Å². The van der Waals surface area contributed by atoms with E-state index in [1.54, 1.807) is 24.3 Å². The second kappa shape index (κ2) is 6.95. The molecular weight excluding hydrogens is 352 g/mol. The van der Waals surface area contributed by atoms with Gasteiger partial charge in [0.1, 0.15) is 5.75 Å². The number of hydrogen-bond donors (Lipinski definition) is 3. The molecule has 0 heterocycles. The fourth-order valence-corrected chi connectivity index (χ4v) is 2.08. The molecule has 0 radical (unpaired) electrons. The number of hydrazone groups is 1. The van der Waals surface area contributed by atoms with E-state index in [2.05, 4.69) is 26.5 Å². The number of aromatic hydroxyl groups is 2. The van der Waals surface area contributed by atoms with Crippen LogP contribution in [0.1, 0.15) is 15.9 Å². The summed E-state index contributed by atoms with van der Waals surface area (Å²) >= 11 is 3.22. The highest BCUT2D eigenvalue weighted by Crippen LogP contribution is 2.28. The van der Waals surface area contributed by atoms with Crippen molar-refractivity contribution in [2.75, 3.05) is 7.11 Å². The number of rotatable bonds is 4. The van der Waals surface area contributed by atoms with E-state index in [1.165, 1.54) is 25.5 Å². The molecule has 22 heavy (non-hydrogen) atoms. The third-order valence-electron chi connectivity index (χ3n) is 2.82. The molecule has 0 unspecified atom stereocenters. The summed E-state index contributed by atoms with van der Waals surface area (Å²) in [5, 5.41) is 23.3. The molecule has 0 aliphatic rings. The van der Waals surface area contributed by atoms with Crippen molar-refractivity contribution < 1.29 is 19.7 Å². The highest BCUT2D eigenvalue weighted by atomic mass is 79.9. The van der Waals surface area contributed by atoms with Crippen LogP contribution in [0.15, 0.2) is 46.0 Å². The Balaban J connectivity index is 2.12. The molecule has 0 aromatic heterocycles. The third kappa shape index (κ3) is 3.56. The highest BCUT2D eigenvalue weighted by Gasteiger charge is 2.11. The minimum Gasteiger partial charge on any atom is -0.507 e. The molecule has 6 nitrogen and oxygen atoms in total. The van der Waals surface area contributed by atoms with E-state index < -0.39 is 5.91 Å². The Morgan fingerprint density at radius 2 is 2.09 bits per heavy atom. The van der Waals surface area contributed by atoms with Crippen LogP contribution in [0.3, 0.4) is 0 Å². The molecule has 2 aromatic carbocycles. The molecule has 0 spiro atoms. The van der Waals surface area contributed by atoms with E-state index in [0.29, 0.717) is 15.8 Å². The summed E-state index contributed by atoms with van der Waals surface area (Å²) in [7, 11) is 1.44. The van der Waals surface area contributed by atoms with Gasteiger partial charge in [0.15, 0.2) is 11.5 Å². The molecule has 114 valence electrons. The van der Waals surface area contributed by atoms with Gasteiger partial charge in [0.25, 0.3) is 5.91 Å². The maximum absolute atomic E-state index is 11.9. The van der Waals surface area contributed by atoms with Crippen LogP contribution in [0.4, 0.5) is 0 Å². The second-order valence-electron chi connectivity index (χ2n) is 4.26. The Morgan fingerprint density at radius 1 is 1.32 bits per heavy atom. The molecule has 0 saturated heterocycles. The Kier molecular flexibility index (Phi) is 5.00. The quantitative estimate of drug-likeness (QED) is 0.574. The minimum absolute atomic E-state index is 0.0756. The number of halogens is 1. The maximum Gasteiger partial charge on any atom is 0.275 e. The fourth-order valence-electron chi connectivity index (χ4n) is 1.72. The lowest BCUT2D eigenvalue weighted by molar-refractivity contribution is 0.0952. The first-order chi connectivity index (χ1) is 10.5. The molecular formula is C15H13BrN2O4. The summed E-state index contributed by atoms with van der Waals surface area (Å²) < 4.78 is 5.63. The van der Waals surface area contributed by atoms with Gasteiger partial charge in [-0.2, -0.15) is 5.10 Å². The Labute approximate surface area is 135 Å². The zero-order valence-electron chi connectivity index (χ0n) is 11.6. The molecule has 0 aliphatic heterocycles. The van der Waals surface area contributed by atoms with Crippen LogP contribution in [0, 0.1) is 0 Å². The predicted molar refractivity (Wildman–Crippen MR) is 85.5 cm³/mol. The lowest BCUT2D eigenvalue weighted by Crippen LogP contribution is -2.17. The number of nitrogens with one attached hydrogen (secondary N) is 1. The van der Waals surface area contributed by atoms with Gasteiger partial charge in [-0.05, 0) is 30.3 Å². The van der Waals surface area contributed by atoms with E-state index in [1.807, 2.05) is 0 Å². The van der Waals surface area contributed by atoms with E-state index >= 15 is 0 Å². The first-order valence-corrected chi connectivity index (χ1v) is 7.00. The number of para-hydroxylation sites is 1. The van der Waals surface area contributed by atoms with Crippen LogP contribution in [-0.2, 0) is 0 Å². The molecule has 0 atom stereocenters. The average Bonchev–Trinajstić information content (AvgIpc) is 2.51. The lowest BCUT2D eigenvalue weighted by Gasteiger charge is -2.05. The summed E-state index contributed by atoms with van der Waals surface area (Å²) in [4.78, 5) is 11.9. The zero-order chi connectivity index (χ0) is 16.1. The van der Waals surface area contributed by atoms with Crippen LogP contribution in [-0.4, -0.2) is 29.4 Å². The monoisotopic (exact) mass is 364 g/mol. The number of benzene rings is 2. The highest BCUT2D eigenvalue weighted by molar-refractivity contribution is 9.10. The van der Waals surface area contributed by atoms with Crippen LogP contribution in [0.5, 0.6) is 17.2 Å². The summed E-state index contributed by atoms with van der Waals surface area (Å²) in [6.07, 6.45) is 1.28. The van der Waals surface area contributed by atoms with Crippen LogP contribution < -0.4 is 10.2 Å². The van der Waals surface area contributed by atoms with Gasteiger partial charge in [0, 0.05) is 10.0 Å². The largest absolute Gasteiger partial charge is 0.507 e. The number of nitrogens with zero attached hydrogens (tertiary/aromatic N) is 1. The van der Waals surface area contributed by atoms with Gasteiger partial charge in [-0.15, -0.1) is 0 Å². The van der Waals surface area contributed by atoms with Gasteiger partial charge in [0.05, 0.1) is 18.9 Å². The molecule has 2 aromatic rings. The van der Waals surface area contributed by atoms with Gasteiger partial charge in [-0.3, -0.25) is 4.79 Å². The molecule has 0 fully saturated rings. The summed E-state index contributed by atoms with van der Waals surface area (Å²) in [6.45, 7) is 0. The fraction of sp³-hybridized carbons (Fsp3) is 0.0667. The number of methoxy groups -OCH3 is 1. The zero-order valence-corrected chi connectivity index (χ0v) is 13.2. The summed E-state index contributed by atoms with van der Waals surface area (Å²) in [6, 6.07) is 9.39. The maximum atomic E-state index is 11.9. The van der Waals surface area contributed by atoms with Crippen LogP contribution >= 0.6 is 15.9 Å². The standard InChI is InChI=1S/C15H13BrN2O4/c1-22-13-4-2-3-9(14(13)20)8-17-18-15(21)11-7-10(16)5-6-12(11)19/h2-8,19-20H,1H3,(H,18,21)/b17-8-. The number of carbonyl (C=O) groups is 1. The van der Waals surface area contributed by atoms with E-state index in [-0.39, 0.29) is 17.1 Å². The predicted octanol–water partition coefficient (Wildman–Crippen LogP) is 2.63. The minimum atomic E-state index is -0.572. The number of phenols is 2. The van der Waals surface area contributed by atoms with Gasteiger partial charge in [-0.25, -0.2) is 5.43 Å². The normalized spacial score (nSPS) is 10.6. The first kappa shape index (κ1) is 15.8. The van der Waals surface area contributed by atoms with Crippen LogP contribution in [0.2, 0.25) is 0 Å². The Bertz CT molecular complexity index is 731. The third-order valence-corrected chi connectivity index (χ3v) is 3.32. The van der Waals surface area contributed by atoms with Crippen molar-refractivity contribution in [1.82, 2.24) is 5.43 Å². The van der Waals surface area contributed by atoms with Crippen molar-refractivity contribution in [1.29, 1.82) is 0 Å². The van der Waals surface area contributed by atoms with Crippen molar-refractivity contribution in [3.05, 3.63) is 52.0 Å². The number of hydrogen-bond acceptors (Lipinski definition) is 5. The summed E-state index contributed by atoms with van der Waals surface area (Å²) in [5.41, 5.74) is 2.75. The molecule has 1 amide bonds. The molecule has 3 N–H and O–H groups in total. The SMILES string of the molecule is COc1cccc(/C=N\NC(=O)c2cc(Br)ccc2O)c1O. The van der Waals surface area contributed by atoms with Gasteiger partial charge >= 0.3 is 0 Å². The molecule has 2 rings (SSSR count). The number of carbonyl (C=O) groups excluding carboxylic acids is 1. The van der Waals surface area contributed by atoms with Crippen molar-refractivity contribution in [3.8, 4) is 17.2 Å². The topological polar surface area (TPSA) is 91.2 Å². The van der Waals surface area contributed by atoms with E-state index in [9.17, 15) is 15.0 Å². The number of amides is 1. The first-order valence-electron chi connectivity index (χ1n) is 6.21.